The standard InChI is InChI=1S/C15H27NO2Si/c1-15(2,3)19(4,5)18-14-8-6-12(7-9-14)10-13(16)11-17/h6-9,13,17H,10-11,16H2,1-5H3/t13-/m0/s1. The maximum Gasteiger partial charge on any atom is 0.250 e. The molecule has 108 valence electrons. The molecule has 0 heterocycles. The molecule has 0 bridgehead atoms. The van der Waals surface area contributed by atoms with E-state index < -0.39 is 8.32 Å². The van der Waals surface area contributed by atoms with Gasteiger partial charge in [-0.15, -0.1) is 0 Å². The molecule has 0 aliphatic rings. The molecule has 0 aliphatic heterocycles. The number of aliphatic hydroxyl groups excluding tert-OH is 1. The number of rotatable bonds is 5. The molecule has 1 aromatic rings. The highest BCUT2D eigenvalue weighted by molar-refractivity contribution is 6.74. The van der Waals surface area contributed by atoms with E-state index in [0.717, 1.165) is 11.3 Å². The molecule has 3 N–H and O–H groups in total. The molecule has 0 fully saturated rings. The Hall–Kier alpha value is -0.843. The first-order valence-corrected chi connectivity index (χ1v) is 9.71. The summed E-state index contributed by atoms with van der Waals surface area (Å²) in [5.74, 6) is 0.924. The van der Waals surface area contributed by atoms with Crippen molar-refractivity contribution < 1.29 is 9.53 Å². The van der Waals surface area contributed by atoms with Crippen molar-refractivity contribution in [2.75, 3.05) is 6.61 Å². The van der Waals surface area contributed by atoms with Crippen LogP contribution in [0.25, 0.3) is 0 Å². The second-order valence-corrected chi connectivity index (χ2v) is 11.4. The summed E-state index contributed by atoms with van der Waals surface area (Å²) in [4.78, 5) is 0. The molecule has 0 unspecified atom stereocenters. The molecule has 0 aromatic heterocycles. The van der Waals surface area contributed by atoms with Gasteiger partial charge in [0.1, 0.15) is 5.75 Å². The highest BCUT2D eigenvalue weighted by atomic mass is 28.4. The molecule has 0 aliphatic carbocycles. The van der Waals surface area contributed by atoms with Crippen molar-refractivity contribution >= 4 is 8.32 Å². The number of benzene rings is 1. The van der Waals surface area contributed by atoms with E-state index >= 15 is 0 Å². The molecule has 0 amide bonds. The van der Waals surface area contributed by atoms with Crippen LogP contribution in [-0.4, -0.2) is 26.1 Å². The van der Waals surface area contributed by atoms with Crippen LogP contribution in [0.15, 0.2) is 24.3 Å². The summed E-state index contributed by atoms with van der Waals surface area (Å²) >= 11 is 0. The third-order valence-electron chi connectivity index (χ3n) is 3.83. The van der Waals surface area contributed by atoms with Crippen molar-refractivity contribution in [2.45, 2.75) is 51.4 Å². The zero-order valence-corrected chi connectivity index (χ0v) is 13.7. The number of nitrogens with two attached hydrogens (primary N) is 1. The largest absolute Gasteiger partial charge is 0.544 e. The van der Waals surface area contributed by atoms with Gasteiger partial charge in [-0.05, 0) is 42.2 Å². The van der Waals surface area contributed by atoms with Crippen LogP contribution >= 0.6 is 0 Å². The smallest absolute Gasteiger partial charge is 0.250 e. The summed E-state index contributed by atoms with van der Waals surface area (Å²) in [5, 5.41) is 9.15. The van der Waals surface area contributed by atoms with Crippen LogP contribution in [-0.2, 0) is 6.42 Å². The normalized spacial score (nSPS) is 14.3. The molecule has 1 atom stereocenters. The van der Waals surface area contributed by atoms with Gasteiger partial charge in [-0.3, -0.25) is 0 Å². The average molecular weight is 281 g/mol. The van der Waals surface area contributed by atoms with Crippen LogP contribution in [0.4, 0.5) is 0 Å². The molecule has 4 heteroatoms. The average Bonchev–Trinajstić information content (AvgIpc) is 2.29. The fraction of sp³-hybridized carbons (Fsp3) is 0.600. The fourth-order valence-corrected chi connectivity index (χ4v) is 2.54. The van der Waals surface area contributed by atoms with E-state index in [2.05, 4.69) is 33.9 Å². The molecule has 1 rings (SSSR count). The molecular weight excluding hydrogens is 254 g/mol. The van der Waals surface area contributed by atoms with Crippen LogP contribution in [0.5, 0.6) is 5.75 Å². The molecule has 1 aromatic carbocycles. The first kappa shape index (κ1) is 16.2. The number of hydrogen-bond acceptors (Lipinski definition) is 3. The van der Waals surface area contributed by atoms with Crippen molar-refractivity contribution in [3.8, 4) is 5.75 Å². The van der Waals surface area contributed by atoms with Gasteiger partial charge in [-0.25, -0.2) is 0 Å². The van der Waals surface area contributed by atoms with Crippen molar-refractivity contribution in [2.24, 2.45) is 5.73 Å². The Bertz CT molecular complexity index is 396. The summed E-state index contributed by atoms with van der Waals surface area (Å²) in [6.45, 7) is 11.2. The second-order valence-electron chi connectivity index (χ2n) is 6.65. The minimum atomic E-state index is -1.77. The van der Waals surface area contributed by atoms with E-state index in [1.807, 2.05) is 24.3 Å². The second kappa shape index (κ2) is 6.07. The summed E-state index contributed by atoms with van der Waals surface area (Å²) in [6, 6.07) is 7.86. The van der Waals surface area contributed by atoms with E-state index in [1.165, 1.54) is 0 Å². The number of hydrogen-bond donors (Lipinski definition) is 2. The summed E-state index contributed by atoms with van der Waals surface area (Å²) < 4.78 is 6.21. The molecule has 0 saturated heterocycles. The van der Waals surface area contributed by atoms with Crippen molar-refractivity contribution in [3.05, 3.63) is 29.8 Å². The molecule has 0 radical (unpaired) electrons. The van der Waals surface area contributed by atoms with Crippen LogP contribution in [0.3, 0.4) is 0 Å². The molecular formula is C15H27NO2Si. The maximum absolute atomic E-state index is 8.95. The molecule has 19 heavy (non-hydrogen) atoms. The number of aliphatic hydroxyl groups is 1. The van der Waals surface area contributed by atoms with Gasteiger partial charge in [0.05, 0.1) is 6.61 Å². The predicted octanol–water partition coefficient (Wildman–Crippen LogP) is 2.93. The van der Waals surface area contributed by atoms with E-state index in [1.54, 1.807) is 0 Å². The topological polar surface area (TPSA) is 55.5 Å². The fourth-order valence-electron chi connectivity index (χ4n) is 1.51. The van der Waals surface area contributed by atoms with Gasteiger partial charge < -0.3 is 15.3 Å². The Morgan fingerprint density at radius 1 is 1.21 bits per heavy atom. The lowest BCUT2D eigenvalue weighted by molar-refractivity contribution is 0.265. The SMILES string of the molecule is CC(C)(C)[Si](C)(C)Oc1ccc(C[C@H](N)CO)cc1. The molecule has 0 spiro atoms. The van der Waals surface area contributed by atoms with Gasteiger partial charge in [0.15, 0.2) is 0 Å². The zero-order chi connectivity index (χ0) is 14.7. The third-order valence-corrected chi connectivity index (χ3v) is 8.19. The Morgan fingerprint density at radius 3 is 2.16 bits per heavy atom. The van der Waals surface area contributed by atoms with Gasteiger partial charge in [0.2, 0.25) is 8.32 Å². The van der Waals surface area contributed by atoms with E-state index in [0.29, 0.717) is 6.42 Å². The summed E-state index contributed by atoms with van der Waals surface area (Å²) in [6.07, 6.45) is 0.691. The third kappa shape index (κ3) is 4.64. The monoisotopic (exact) mass is 281 g/mol. The van der Waals surface area contributed by atoms with Crippen molar-refractivity contribution in [3.63, 3.8) is 0 Å². The van der Waals surface area contributed by atoms with Crippen molar-refractivity contribution in [1.82, 2.24) is 0 Å². The van der Waals surface area contributed by atoms with Gasteiger partial charge >= 0.3 is 0 Å². The Labute approximate surface area is 117 Å². The quantitative estimate of drug-likeness (QED) is 0.816. The Kier molecular flexibility index (Phi) is 5.18. The van der Waals surface area contributed by atoms with Gasteiger partial charge in [-0.2, -0.15) is 0 Å². The predicted molar refractivity (Wildman–Crippen MR) is 83.0 cm³/mol. The van der Waals surface area contributed by atoms with Crippen LogP contribution < -0.4 is 10.2 Å². The van der Waals surface area contributed by atoms with E-state index in [4.69, 9.17) is 15.3 Å². The lowest BCUT2D eigenvalue weighted by atomic mass is 10.1. The summed E-state index contributed by atoms with van der Waals surface area (Å²) in [5.41, 5.74) is 6.86. The maximum atomic E-state index is 8.95. The summed E-state index contributed by atoms with van der Waals surface area (Å²) in [7, 11) is -1.77. The first-order valence-electron chi connectivity index (χ1n) is 6.80. The minimum absolute atomic E-state index is 0.0161. The van der Waals surface area contributed by atoms with Crippen LogP contribution in [0.2, 0.25) is 18.1 Å². The lowest BCUT2D eigenvalue weighted by Gasteiger charge is -2.36. The highest BCUT2D eigenvalue weighted by Crippen LogP contribution is 2.37. The van der Waals surface area contributed by atoms with Gasteiger partial charge in [-0.1, -0.05) is 32.9 Å². The Morgan fingerprint density at radius 2 is 1.74 bits per heavy atom. The lowest BCUT2D eigenvalue weighted by Crippen LogP contribution is -2.43. The van der Waals surface area contributed by atoms with Crippen molar-refractivity contribution in [1.29, 1.82) is 0 Å². The van der Waals surface area contributed by atoms with E-state index in [-0.39, 0.29) is 17.7 Å². The highest BCUT2D eigenvalue weighted by Gasteiger charge is 2.38. The van der Waals surface area contributed by atoms with Crippen LogP contribution in [0.1, 0.15) is 26.3 Å². The molecule has 3 nitrogen and oxygen atoms in total. The van der Waals surface area contributed by atoms with Gasteiger partial charge in [0.25, 0.3) is 0 Å². The molecule has 0 saturated carbocycles. The van der Waals surface area contributed by atoms with Gasteiger partial charge in [0, 0.05) is 6.04 Å². The Balaban J connectivity index is 2.72. The van der Waals surface area contributed by atoms with Crippen LogP contribution in [0, 0.1) is 0 Å². The van der Waals surface area contributed by atoms with E-state index in [9.17, 15) is 0 Å². The first-order chi connectivity index (χ1) is 8.65. The minimum Gasteiger partial charge on any atom is -0.544 e. The zero-order valence-electron chi connectivity index (χ0n) is 12.7.